The van der Waals surface area contributed by atoms with E-state index in [2.05, 4.69) is 5.32 Å². The van der Waals surface area contributed by atoms with Gasteiger partial charge in [0, 0.05) is 12.6 Å². The second-order valence-electron chi connectivity index (χ2n) is 5.53. The molecule has 0 aromatic heterocycles. The topological polar surface area (TPSA) is 64.3 Å². The number of hydrogen-bond donors (Lipinski definition) is 2. The van der Waals surface area contributed by atoms with Crippen molar-refractivity contribution in [2.45, 2.75) is 19.4 Å². The Morgan fingerprint density at radius 2 is 1.70 bits per heavy atom. The third kappa shape index (κ3) is 5.42. The highest BCUT2D eigenvalue weighted by Crippen LogP contribution is 2.18. The van der Waals surface area contributed by atoms with Gasteiger partial charge in [-0.2, -0.15) is 0 Å². The van der Waals surface area contributed by atoms with Crippen LogP contribution >= 0.6 is 0 Å². The Kier molecular flexibility index (Phi) is 6.63. The highest BCUT2D eigenvalue weighted by atomic mass is 16.5. The van der Waals surface area contributed by atoms with E-state index in [1.165, 1.54) is 0 Å². The van der Waals surface area contributed by atoms with Crippen molar-refractivity contribution in [1.29, 1.82) is 0 Å². The summed E-state index contributed by atoms with van der Waals surface area (Å²) in [6.07, 6.45) is 0.758. The minimum atomic E-state index is -0.295. The molecule has 0 heterocycles. The third-order valence-corrected chi connectivity index (χ3v) is 3.77. The smallest absolute Gasteiger partial charge is 0.224 e. The maximum Gasteiger partial charge on any atom is 0.224 e. The molecule has 2 aromatic carbocycles. The van der Waals surface area contributed by atoms with E-state index in [0.29, 0.717) is 13.2 Å². The molecule has 0 radical (unpaired) electrons. The van der Waals surface area contributed by atoms with Crippen LogP contribution in [-0.4, -0.2) is 19.1 Å². The molecule has 122 valence electrons. The Bertz CT molecular complexity index is 587. The molecule has 4 heteroatoms. The van der Waals surface area contributed by atoms with Crippen LogP contribution in [0.25, 0.3) is 0 Å². The molecular formula is C19H24N2O2. The predicted octanol–water partition coefficient (Wildman–Crippen LogP) is 2.91. The van der Waals surface area contributed by atoms with Crippen molar-refractivity contribution >= 4 is 5.91 Å². The summed E-state index contributed by atoms with van der Waals surface area (Å²) in [6, 6.07) is 19.0. The number of nitrogens with one attached hydrogen (secondary N) is 1. The van der Waals surface area contributed by atoms with E-state index in [0.717, 1.165) is 17.7 Å². The second kappa shape index (κ2) is 8.96. The fraction of sp³-hybridized carbons (Fsp3) is 0.316. The van der Waals surface area contributed by atoms with Crippen LogP contribution in [0.3, 0.4) is 0 Å². The van der Waals surface area contributed by atoms with Gasteiger partial charge in [0.1, 0.15) is 5.75 Å². The van der Waals surface area contributed by atoms with Crippen LogP contribution in [0.15, 0.2) is 60.7 Å². The van der Waals surface area contributed by atoms with Crippen molar-refractivity contribution in [3.63, 3.8) is 0 Å². The van der Waals surface area contributed by atoms with Crippen LogP contribution in [0.4, 0.5) is 0 Å². The Labute approximate surface area is 137 Å². The largest absolute Gasteiger partial charge is 0.494 e. The highest BCUT2D eigenvalue weighted by molar-refractivity contribution is 5.79. The molecule has 2 aromatic rings. The summed E-state index contributed by atoms with van der Waals surface area (Å²) >= 11 is 0. The first kappa shape index (κ1) is 17.0. The van der Waals surface area contributed by atoms with Gasteiger partial charge in [-0.05, 0) is 24.1 Å². The molecule has 0 fully saturated rings. The quantitative estimate of drug-likeness (QED) is 0.737. The van der Waals surface area contributed by atoms with E-state index in [4.69, 9.17) is 10.5 Å². The van der Waals surface area contributed by atoms with E-state index in [9.17, 15) is 4.79 Å². The van der Waals surface area contributed by atoms with E-state index in [1.54, 1.807) is 0 Å². The Balaban J connectivity index is 1.68. The first-order valence-electron chi connectivity index (χ1n) is 7.94. The molecule has 2 rings (SSSR count). The lowest BCUT2D eigenvalue weighted by Gasteiger charge is -2.19. The van der Waals surface area contributed by atoms with Crippen molar-refractivity contribution < 1.29 is 9.53 Å². The molecule has 1 amide bonds. The molecule has 0 spiro atoms. The summed E-state index contributed by atoms with van der Waals surface area (Å²) in [5.74, 6) is 0.548. The number of carbonyl (C=O) groups excluding carboxylic acids is 1. The first-order chi connectivity index (χ1) is 11.2. The Hall–Kier alpha value is -2.33. The van der Waals surface area contributed by atoms with Gasteiger partial charge in [0.25, 0.3) is 0 Å². The minimum absolute atomic E-state index is 0.0268. The number of benzene rings is 2. The van der Waals surface area contributed by atoms with E-state index in [1.807, 2.05) is 67.6 Å². The van der Waals surface area contributed by atoms with Gasteiger partial charge in [0.15, 0.2) is 0 Å². The number of rotatable bonds is 8. The summed E-state index contributed by atoms with van der Waals surface area (Å²) in [6.45, 7) is 3.01. The maximum atomic E-state index is 12.2. The average Bonchev–Trinajstić information content (AvgIpc) is 2.61. The van der Waals surface area contributed by atoms with Crippen molar-refractivity contribution in [1.82, 2.24) is 5.32 Å². The summed E-state index contributed by atoms with van der Waals surface area (Å²) in [5.41, 5.74) is 7.13. The predicted molar refractivity (Wildman–Crippen MR) is 92.1 cm³/mol. The lowest BCUT2D eigenvalue weighted by Crippen LogP contribution is -2.36. The van der Waals surface area contributed by atoms with Crippen molar-refractivity contribution in [3.05, 3.63) is 66.2 Å². The number of para-hydroxylation sites is 1. The molecule has 0 aliphatic rings. The lowest BCUT2D eigenvalue weighted by molar-refractivity contribution is -0.125. The van der Waals surface area contributed by atoms with Gasteiger partial charge >= 0.3 is 0 Å². The molecule has 2 atom stereocenters. The highest BCUT2D eigenvalue weighted by Gasteiger charge is 2.21. The van der Waals surface area contributed by atoms with Crippen LogP contribution < -0.4 is 15.8 Å². The van der Waals surface area contributed by atoms with E-state index >= 15 is 0 Å². The van der Waals surface area contributed by atoms with Crippen LogP contribution in [0.2, 0.25) is 0 Å². The van der Waals surface area contributed by atoms with Crippen LogP contribution in [-0.2, 0) is 4.79 Å². The van der Waals surface area contributed by atoms with E-state index in [-0.39, 0.29) is 17.9 Å². The molecule has 0 aliphatic carbocycles. The zero-order chi connectivity index (χ0) is 16.5. The summed E-state index contributed by atoms with van der Waals surface area (Å²) in [7, 11) is 0. The Morgan fingerprint density at radius 1 is 1.09 bits per heavy atom. The third-order valence-electron chi connectivity index (χ3n) is 3.77. The fourth-order valence-electron chi connectivity index (χ4n) is 2.28. The number of amides is 1. The fourth-order valence-corrected chi connectivity index (χ4v) is 2.28. The van der Waals surface area contributed by atoms with Gasteiger partial charge < -0.3 is 15.8 Å². The molecule has 0 aliphatic heterocycles. The zero-order valence-electron chi connectivity index (χ0n) is 13.4. The molecule has 0 saturated carbocycles. The van der Waals surface area contributed by atoms with Gasteiger partial charge in [-0.1, -0.05) is 55.5 Å². The van der Waals surface area contributed by atoms with Crippen LogP contribution in [0.5, 0.6) is 5.75 Å². The zero-order valence-corrected chi connectivity index (χ0v) is 13.4. The van der Waals surface area contributed by atoms with Crippen molar-refractivity contribution in [2.75, 3.05) is 13.2 Å². The van der Waals surface area contributed by atoms with Gasteiger partial charge in [0.05, 0.1) is 12.5 Å². The molecule has 0 bridgehead atoms. The standard InChI is InChI=1S/C19H24N2O2/c1-15(18(20)16-9-4-2-5-10-16)19(22)21-13-8-14-23-17-11-6-3-7-12-17/h2-7,9-12,15,18H,8,13-14,20H2,1H3,(H,21,22). The number of hydrogen-bond acceptors (Lipinski definition) is 3. The molecule has 2 unspecified atom stereocenters. The van der Waals surface area contributed by atoms with Crippen molar-refractivity contribution in [2.24, 2.45) is 11.7 Å². The number of carbonyl (C=O) groups is 1. The number of ether oxygens (including phenoxy) is 1. The maximum absolute atomic E-state index is 12.2. The van der Waals surface area contributed by atoms with Gasteiger partial charge in [-0.15, -0.1) is 0 Å². The first-order valence-corrected chi connectivity index (χ1v) is 7.94. The van der Waals surface area contributed by atoms with Crippen LogP contribution in [0, 0.1) is 5.92 Å². The summed E-state index contributed by atoms with van der Waals surface area (Å²) in [5, 5.41) is 2.92. The number of nitrogens with two attached hydrogens (primary N) is 1. The Morgan fingerprint density at radius 3 is 2.35 bits per heavy atom. The van der Waals surface area contributed by atoms with Gasteiger partial charge in [-0.3, -0.25) is 4.79 Å². The molecule has 23 heavy (non-hydrogen) atoms. The molecule has 4 nitrogen and oxygen atoms in total. The van der Waals surface area contributed by atoms with Crippen molar-refractivity contribution in [3.8, 4) is 5.75 Å². The second-order valence-corrected chi connectivity index (χ2v) is 5.53. The van der Waals surface area contributed by atoms with Gasteiger partial charge in [0.2, 0.25) is 5.91 Å². The summed E-state index contributed by atoms with van der Waals surface area (Å²) < 4.78 is 5.59. The summed E-state index contributed by atoms with van der Waals surface area (Å²) in [4.78, 5) is 12.2. The molecule has 3 N–H and O–H groups in total. The lowest BCUT2D eigenvalue weighted by atomic mass is 9.95. The SMILES string of the molecule is CC(C(=O)NCCCOc1ccccc1)C(N)c1ccccc1. The molecular weight excluding hydrogens is 288 g/mol. The average molecular weight is 312 g/mol. The minimum Gasteiger partial charge on any atom is -0.494 e. The normalized spacial score (nSPS) is 13.1. The molecule has 0 saturated heterocycles. The van der Waals surface area contributed by atoms with E-state index < -0.39 is 0 Å². The van der Waals surface area contributed by atoms with Crippen LogP contribution in [0.1, 0.15) is 24.9 Å². The van der Waals surface area contributed by atoms with Gasteiger partial charge in [-0.25, -0.2) is 0 Å². The monoisotopic (exact) mass is 312 g/mol.